The van der Waals surface area contributed by atoms with Crippen LogP contribution in [0, 0.1) is 0 Å². The van der Waals surface area contributed by atoms with Gasteiger partial charge in [-0.15, -0.1) is 0 Å². The van der Waals surface area contributed by atoms with Gasteiger partial charge in [0.25, 0.3) is 0 Å². The zero-order valence-electron chi connectivity index (χ0n) is 8.25. The van der Waals surface area contributed by atoms with Gasteiger partial charge in [-0.2, -0.15) is 0 Å². The van der Waals surface area contributed by atoms with Gasteiger partial charge in [-0.3, -0.25) is 0 Å². The van der Waals surface area contributed by atoms with Gasteiger partial charge in [-0.1, -0.05) is 11.6 Å². The second-order valence-electron chi connectivity index (χ2n) is 4.30. The lowest BCUT2D eigenvalue weighted by atomic mass is 10.0. The van der Waals surface area contributed by atoms with Crippen molar-refractivity contribution < 1.29 is 9.47 Å². The summed E-state index contributed by atoms with van der Waals surface area (Å²) >= 11 is 6.15. The first-order chi connectivity index (χ1) is 7.18. The maximum atomic E-state index is 6.15. The summed E-state index contributed by atoms with van der Waals surface area (Å²) in [5.74, 6) is 1.55. The van der Waals surface area contributed by atoms with Crippen LogP contribution in [0.4, 0.5) is 0 Å². The highest BCUT2D eigenvalue weighted by atomic mass is 35.5. The van der Waals surface area contributed by atoms with E-state index in [1.807, 2.05) is 12.1 Å². The van der Waals surface area contributed by atoms with Gasteiger partial charge in [-0.05, 0) is 31.4 Å². The Kier molecular flexibility index (Phi) is 1.88. The average Bonchev–Trinajstić information content (AvgIpc) is 2.78. The maximum Gasteiger partial charge on any atom is 0.231 e. The van der Waals surface area contributed by atoms with Crippen molar-refractivity contribution >= 4 is 11.6 Å². The van der Waals surface area contributed by atoms with Gasteiger partial charge < -0.3 is 15.2 Å². The molecule has 0 saturated heterocycles. The molecule has 1 heterocycles. The molecule has 3 nitrogen and oxygen atoms in total. The largest absolute Gasteiger partial charge is 0.454 e. The Morgan fingerprint density at radius 2 is 2.13 bits per heavy atom. The summed E-state index contributed by atoms with van der Waals surface area (Å²) in [5.41, 5.74) is 7.01. The minimum atomic E-state index is -0.0648. The van der Waals surface area contributed by atoms with Crippen LogP contribution in [0.3, 0.4) is 0 Å². The van der Waals surface area contributed by atoms with Crippen molar-refractivity contribution in [3.05, 3.63) is 22.7 Å². The number of hydrogen-bond donors (Lipinski definition) is 1. The zero-order valence-corrected chi connectivity index (χ0v) is 9.01. The van der Waals surface area contributed by atoms with Gasteiger partial charge in [0.15, 0.2) is 11.5 Å². The van der Waals surface area contributed by atoms with Gasteiger partial charge in [0.2, 0.25) is 6.79 Å². The highest BCUT2D eigenvalue weighted by molar-refractivity contribution is 6.31. The third-order valence-corrected chi connectivity index (χ3v) is 3.36. The van der Waals surface area contributed by atoms with Crippen LogP contribution in [0.1, 0.15) is 18.4 Å². The fourth-order valence-electron chi connectivity index (χ4n) is 1.86. The number of ether oxygens (including phenoxy) is 2. The Hall–Kier alpha value is -0.930. The molecule has 0 aromatic heterocycles. The number of rotatable bonds is 2. The summed E-state index contributed by atoms with van der Waals surface area (Å²) < 4.78 is 10.7. The van der Waals surface area contributed by atoms with Gasteiger partial charge in [-0.25, -0.2) is 0 Å². The summed E-state index contributed by atoms with van der Waals surface area (Å²) in [4.78, 5) is 0. The van der Waals surface area contributed by atoms with Crippen LogP contribution in [-0.2, 0) is 6.42 Å². The third-order valence-electron chi connectivity index (χ3n) is 3.01. The van der Waals surface area contributed by atoms with Gasteiger partial charge in [0.1, 0.15) is 0 Å². The molecular weight excluding hydrogens is 214 g/mol. The molecule has 0 unspecified atom stereocenters. The summed E-state index contributed by atoms with van der Waals surface area (Å²) in [6.45, 7) is 0.278. The van der Waals surface area contributed by atoms with Crippen molar-refractivity contribution in [2.75, 3.05) is 6.79 Å². The molecule has 1 aliphatic heterocycles. The van der Waals surface area contributed by atoms with E-state index in [2.05, 4.69) is 0 Å². The van der Waals surface area contributed by atoms with Crippen molar-refractivity contribution in [1.82, 2.24) is 0 Å². The summed E-state index contributed by atoms with van der Waals surface area (Å²) in [7, 11) is 0. The first-order valence-electron chi connectivity index (χ1n) is 5.04. The molecule has 0 spiro atoms. The molecule has 0 radical (unpaired) electrons. The molecule has 3 rings (SSSR count). The van der Waals surface area contributed by atoms with Crippen LogP contribution in [0.15, 0.2) is 12.1 Å². The van der Waals surface area contributed by atoms with Crippen molar-refractivity contribution in [3.63, 3.8) is 0 Å². The van der Waals surface area contributed by atoms with Crippen LogP contribution in [0.5, 0.6) is 11.5 Å². The van der Waals surface area contributed by atoms with E-state index in [1.54, 1.807) is 0 Å². The second kappa shape index (κ2) is 3.03. The van der Waals surface area contributed by atoms with Crippen LogP contribution in [0.25, 0.3) is 0 Å². The predicted octanol–water partition coefficient (Wildman–Crippen LogP) is 2.10. The molecular formula is C11H12ClNO2. The fraction of sp³-hybridized carbons (Fsp3) is 0.455. The summed E-state index contributed by atoms with van der Waals surface area (Å²) in [6, 6.07) is 3.68. The number of benzene rings is 1. The Bertz CT molecular complexity index is 415. The summed E-state index contributed by atoms with van der Waals surface area (Å²) in [6.07, 6.45) is 2.90. The standard InChI is InChI=1S/C11H12ClNO2/c12-8-1-2-9-10(15-6-14-9)7(8)5-11(13)3-4-11/h1-2H,3-6,13H2. The van der Waals surface area contributed by atoms with Gasteiger partial charge >= 0.3 is 0 Å². The Morgan fingerprint density at radius 1 is 1.33 bits per heavy atom. The molecule has 2 aliphatic rings. The van der Waals surface area contributed by atoms with E-state index in [9.17, 15) is 0 Å². The van der Waals surface area contributed by atoms with Crippen molar-refractivity contribution in [1.29, 1.82) is 0 Å². The predicted molar refractivity (Wildman–Crippen MR) is 57.4 cm³/mol. The molecule has 4 heteroatoms. The number of nitrogens with two attached hydrogens (primary N) is 1. The maximum absolute atomic E-state index is 6.15. The van der Waals surface area contributed by atoms with Crippen LogP contribution >= 0.6 is 11.6 Å². The Balaban J connectivity index is 2.01. The fourth-order valence-corrected chi connectivity index (χ4v) is 2.08. The Morgan fingerprint density at radius 3 is 2.87 bits per heavy atom. The van der Waals surface area contributed by atoms with E-state index in [4.69, 9.17) is 26.8 Å². The minimum Gasteiger partial charge on any atom is -0.454 e. The first-order valence-corrected chi connectivity index (χ1v) is 5.42. The lowest BCUT2D eigenvalue weighted by Crippen LogP contribution is -2.24. The van der Waals surface area contributed by atoms with E-state index in [1.165, 1.54) is 0 Å². The van der Waals surface area contributed by atoms with E-state index in [0.717, 1.165) is 41.3 Å². The van der Waals surface area contributed by atoms with Crippen molar-refractivity contribution in [2.24, 2.45) is 5.73 Å². The van der Waals surface area contributed by atoms with Crippen molar-refractivity contribution in [3.8, 4) is 11.5 Å². The van der Waals surface area contributed by atoms with E-state index >= 15 is 0 Å². The monoisotopic (exact) mass is 225 g/mol. The molecule has 1 aliphatic carbocycles. The topological polar surface area (TPSA) is 44.5 Å². The minimum absolute atomic E-state index is 0.0648. The van der Waals surface area contributed by atoms with Crippen LogP contribution in [-0.4, -0.2) is 12.3 Å². The van der Waals surface area contributed by atoms with E-state index in [0.29, 0.717) is 0 Å². The molecule has 1 saturated carbocycles. The van der Waals surface area contributed by atoms with Crippen LogP contribution in [0.2, 0.25) is 5.02 Å². The molecule has 2 N–H and O–H groups in total. The van der Waals surface area contributed by atoms with E-state index in [-0.39, 0.29) is 12.3 Å². The molecule has 0 atom stereocenters. The lowest BCUT2D eigenvalue weighted by molar-refractivity contribution is 0.173. The van der Waals surface area contributed by atoms with E-state index < -0.39 is 0 Å². The first kappa shape index (κ1) is 9.31. The number of hydrogen-bond acceptors (Lipinski definition) is 3. The number of halogens is 1. The molecule has 0 amide bonds. The highest BCUT2D eigenvalue weighted by Crippen LogP contribution is 2.44. The molecule has 1 aromatic rings. The molecule has 1 aromatic carbocycles. The lowest BCUT2D eigenvalue weighted by Gasteiger charge is -2.12. The molecule has 0 bridgehead atoms. The smallest absolute Gasteiger partial charge is 0.231 e. The second-order valence-corrected chi connectivity index (χ2v) is 4.71. The molecule has 1 fully saturated rings. The van der Waals surface area contributed by atoms with Gasteiger partial charge in [0.05, 0.1) is 0 Å². The third kappa shape index (κ3) is 1.56. The normalized spacial score (nSPS) is 20.4. The highest BCUT2D eigenvalue weighted by Gasteiger charge is 2.40. The SMILES string of the molecule is NC1(Cc2c(Cl)ccc3c2OCO3)CC1. The molecule has 15 heavy (non-hydrogen) atoms. The van der Waals surface area contributed by atoms with Crippen molar-refractivity contribution in [2.45, 2.75) is 24.8 Å². The quantitative estimate of drug-likeness (QED) is 0.839. The average molecular weight is 226 g/mol. The Labute approximate surface area is 93.1 Å². The number of fused-ring (bicyclic) bond motifs is 1. The summed E-state index contributed by atoms with van der Waals surface area (Å²) in [5, 5.41) is 0.718. The van der Waals surface area contributed by atoms with Gasteiger partial charge in [0, 0.05) is 16.1 Å². The van der Waals surface area contributed by atoms with Crippen LogP contribution < -0.4 is 15.2 Å². The molecule has 80 valence electrons. The zero-order chi connectivity index (χ0) is 10.5.